The highest BCUT2D eigenvalue weighted by atomic mass is 16.1. The van der Waals surface area contributed by atoms with E-state index in [2.05, 4.69) is 30.6 Å². The van der Waals surface area contributed by atoms with Crippen molar-refractivity contribution in [3.05, 3.63) is 78.9 Å². The van der Waals surface area contributed by atoms with Crippen molar-refractivity contribution in [3.8, 4) is 11.4 Å². The normalized spacial score (nSPS) is 10.6. The van der Waals surface area contributed by atoms with E-state index in [1.807, 2.05) is 36.4 Å². The van der Waals surface area contributed by atoms with E-state index in [9.17, 15) is 4.79 Å². The summed E-state index contributed by atoms with van der Waals surface area (Å²) in [4.78, 5) is 29.5. The largest absolute Gasteiger partial charge is 0.368 e. The van der Waals surface area contributed by atoms with Gasteiger partial charge in [-0.25, -0.2) is 9.97 Å². The summed E-state index contributed by atoms with van der Waals surface area (Å²) in [5.41, 5.74) is 2.23. The summed E-state index contributed by atoms with van der Waals surface area (Å²) in [5, 5.41) is 7.10. The molecule has 28 heavy (non-hydrogen) atoms. The lowest BCUT2D eigenvalue weighted by Crippen LogP contribution is -2.29. The molecule has 0 bridgehead atoms. The number of nitrogens with one attached hydrogen (secondary N) is 2. The minimum absolute atomic E-state index is 0.154. The van der Waals surface area contributed by atoms with Crippen molar-refractivity contribution in [1.82, 2.24) is 25.3 Å². The summed E-state index contributed by atoms with van der Waals surface area (Å²) < 4.78 is 0. The van der Waals surface area contributed by atoms with E-state index in [0.717, 1.165) is 22.3 Å². The minimum Gasteiger partial charge on any atom is -0.368 e. The quantitative estimate of drug-likeness (QED) is 0.507. The number of aromatic nitrogens is 4. The number of hydrogen-bond acceptors (Lipinski definition) is 6. The Morgan fingerprint density at radius 3 is 2.46 bits per heavy atom. The fourth-order valence-corrected chi connectivity index (χ4v) is 2.79. The van der Waals surface area contributed by atoms with Crippen molar-refractivity contribution in [1.29, 1.82) is 0 Å². The lowest BCUT2D eigenvalue weighted by atomic mass is 10.2. The van der Waals surface area contributed by atoms with E-state index < -0.39 is 0 Å². The number of carbonyl (C=O) groups is 1. The van der Waals surface area contributed by atoms with Crippen molar-refractivity contribution in [2.24, 2.45) is 0 Å². The first-order valence-electron chi connectivity index (χ1n) is 8.90. The van der Waals surface area contributed by atoms with Gasteiger partial charge in [0.25, 0.3) is 5.91 Å². The Labute approximate surface area is 161 Å². The van der Waals surface area contributed by atoms with Gasteiger partial charge in [-0.1, -0.05) is 12.1 Å². The molecule has 0 aliphatic heterocycles. The molecule has 0 saturated heterocycles. The van der Waals surface area contributed by atoms with Crippen molar-refractivity contribution < 1.29 is 4.79 Å². The zero-order valence-corrected chi connectivity index (χ0v) is 15.0. The van der Waals surface area contributed by atoms with Crippen molar-refractivity contribution in [2.45, 2.75) is 0 Å². The second kappa shape index (κ2) is 8.22. The van der Waals surface area contributed by atoms with Crippen LogP contribution in [-0.2, 0) is 0 Å². The van der Waals surface area contributed by atoms with Gasteiger partial charge in [-0.2, -0.15) is 0 Å². The molecule has 7 heteroatoms. The van der Waals surface area contributed by atoms with E-state index >= 15 is 0 Å². The molecular weight excluding hydrogens is 352 g/mol. The van der Waals surface area contributed by atoms with Crippen LogP contribution in [0.5, 0.6) is 0 Å². The van der Waals surface area contributed by atoms with Gasteiger partial charge in [0, 0.05) is 48.8 Å². The summed E-state index contributed by atoms with van der Waals surface area (Å²) in [5.74, 6) is 1.17. The van der Waals surface area contributed by atoms with E-state index in [1.165, 1.54) is 0 Å². The van der Waals surface area contributed by atoms with E-state index in [4.69, 9.17) is 0 Å². The van der Waals surface area contributed by atoms with Crippen LogP contribution in [0.3, 0.4) is 0 Å². The molecule has 138 valence electrons. The van der Waals surface area contributed by atoms with Gasteiger partial charge in [-0.05, 0) is 36.4 Å². The van der Waals surface area contributed by atoms with E-state index in [0.29, 0.717) is 24.5 Å². The number of carbonyl (C=O) groups excluding carboxylic acids is 1. The average Bonchev–Trinajstić information content (AvgIpc) is 2.77. The summed E-state index contributed by atoms with van der Waals surface area (Å²) in [6.07, 6.45) is 6.63. The predicted octanol–water partition coefficient (Wildman–Crippen LogP) is 2.93. The Morgan fingerprint density at radius 2 is 1.68 bits per heavy atom. The number of amides is 1. The van der Waals surface area contributed by atoms with Crippen LogP contribution in [0.15, 0.2) is 73.3 Å². The average molecular weight is 370 g/mol. The molecule has 4 aromatic rings. The number of nitrogens with zero attached hydrogens (tertiary/aromatic N) is 4. The summed E-state index contributed by atoms with van der Waals surface area (Å²) in [7, 11) is 0. The van der Waals surface area contributed by atoms with Crippen LogP contribution in [0.2, 0.25) is 0 Å². The molecule has 0 radical (unpaired) electrons. The van der Waals surface area contributed by atoms with Crippen molar-refractivity contribution >= 4 is 22.6 Å². The third kappa shape index (κ3) is 3.93. The number of para-hydroxylation sites is 1. The lowest BCUT2D eigenvalue weighted by molar-refractivity contribution is 0.0955. The van der Waals surface area contributed by atoms with E-state index in [1.54, 1.807) is 36.9 Å². The third-order valence-electron chi connectivity index (χ3n) is 4.15. The Balaban J connectivity index is 1.49. The van der Waals surface area contributed by atoms with Crippen LogP contribution in [-0.4, -0.2) is 38.9 Å². The highest BCUT2D eigenvalue weighted by molar-refractivity contribution is 5.94. The van der Waals surface area contributed by atoms with Crippen molar-refractivity contribution in [2.75, 3.05) is 18.4 Å². The highest BCUT2D eigenvalue weighted by Gasteiger charge is 2.09. The first kappa shape index (κ1) is 17.5. The van der Waals surface area contributed by atoms with Gasteiger partial charge in [0.1, 0.15) is 5.82 Å². The molecule has 4 rings (SSSR count). The topological polar surface area (TPSA) is 92.7 Å². The molecule has 7 nitrogen and oxygen atoms in total. The first-order chi connectivity index (χ1) is 13.8. The van der Waals surface area contributed by atoms with Crippen LogP contribution in [0.25, 0.3) is 22.3 Å². The summed E-state index contributed by atoms with van der Waals surface area (Å²) in [6, 6.07) is 15.1. The number of hydrogen-bond donors (Lipinski definition) is 2. The standard InChI is InChI=1S/C21H18N6O/c28-21(16-6-4-10-23-14-16)25-12-11-24-20-17-7-1-2-8-18(17)26-19(27-20)15-5-3-9-22-13-15/h1-10,13-14H,11-12H2,(H,25,28)(H,24,26,27). The van der Waals surface area contributed by atoms with Crippen LogP contribution in [0, 0.1) is 0 Å². The maximum Gasteiger partial charge on any atom is 0.252 e. The number of benzene rings is 1. The molecule has 0 aliphatic rings. The van der Waals surface area contributed by atoms with Crippen LogP contribution in [0.4, 0.5) is 5.82 Å². The number of anilines is 1. The summed E-state index contributed by atoms with van der Waals surface area (Å²) >= 11 is 0. The Kier molecular flexibility index (Phi) is 5.15. The van der Waals surface area contributed by atoms with Gasteiger partial charge in [0.05, 0.1) is 11.1 Å². The van der Waals surface area contributed by atoms with Gasteiger partial charge in [-0.3, -0.25) is 14.8 Å². The molecule has 0 saturated carbocycles. The molecule has 1 aromatic carbocycles. The first-order valence-corrected chi connectivity index (χ1v) is 8.90. The number of fused-ring (bicyclic) bond motifs is 1. The zero-order valence-electron chi connectivity index (χ0n) is 15.0. The number of pyridine rings is 2. The third-order valence-corrected chi connectivity index (χ3v) is 4.15. The molecule has 0 fully saturated rings. The molecule has 3 heterocycles. The predicted molar refractivity (Wildman–Crippen MR) is 108 cm³/mol. The van der Waals surface area contributed by atoms with Gasteiger partial charge in [0.15, 0.2) is 5.82 Å². The monoisotopic (exact) mass is 370 g/mol. The van der Waals surface area contributed by atoms with Gasteiger partial charge in [0.2, 0.25) is 0 Å². The maximum atomic E-state index is 12.1. The zero-order chi connectivity index (χ0) is 19.2. The molecule has 0 spiro atoms. The highest BCUT2D eigenvalue weighted by Crippen LogP contribution is 2.24. The molecule has 0 aliphatic carbocycles. The van der Waals surface area contributed by atoms with Crippen LogP contribution >= 0.6 is 0 Å². The second-order valence-corrected chi connectivity index (χ2v) is 6.08. The molecule has 1 amide bonds. The Hall–Kier alpha value is -3.87. The SMILES string of the molecule is O=C(NCCNc1nc(-c2cccnc2)nc2ccccc12)c1cccnc1. The molecule has 0 atom stereocenters. The molecule has 3 aromatic heterocycles. The smallest absolute Gasteiger partial charge is 0.252 e. The van der Waals surface area contributed by atoms with Gasteiger partial charge < -0.3 is 10.6 Å². The fraction of sp³-hybridized carbons (Fsp3) is 0.0952. The van der Waals surface area contributed by atoms with Crippen LogP contribution < -0.4 is 10.6 Å². The number of rotatable bonds is 6. The Bertz CT molecular complexity index is 1090. The fourth-order valence-electron chi connectivity index (χ4n) is 2.79. The molecule has 0 unspecified atom stereocenters. The van der Waals surface area contributed by atoms with Crippen LogP contribution in [0.1, 0.15) is 10.4 Å². The minimum atomic E-state index is -0.154. The molecular formula is C21H18N6O. The van der Waals surface area contributed by atoms with Gasteiger partial charge >= 0.3 is 0 Å². The van der Waals surface area contributed by atoms with Crippen molar-refractivity contribution in [3.63, 3.8) is 0 Å². The Morgan fingerprint density at radius 1 is 0.857 bits per heavy atom. The maximum absolute atomic E-state index is 12.1. The second-order valence-electron chi connectivity index (χ2n) is 6.08. The van der Waals surface area contributed by atoms with Gasteiger partial charge in [-0.15, -0.1) is 0 Å². The van der Waals surface area contributed by atoms with E-state index in [-0.39, 0.29) is 5.91 Å². The molecule has 2 N–H and O–H groups in total. The summed E-state index contributed by atoms with van der Waals surface area (Å²) in [6.45, 7) is 0.980. The lowest BCUT2D eigenvalue weighted by Gasteiger charge is -2.11.